The Morgan fingerprint density at radius 1 is 1.56 bits per heavy atom. The van der Waals surface area contributed by atoms with Crippen molar-refractivity contribution in [2.45, 2.75) is 44.3 Å². The molecule has 5 N–H and O–H groups in total. The Morgan fingerprint density at radius 3 is 2.56 bits per heavy atom. The smallest absolute Gasteiger partial charge is 0.426 e. The number of nitrogens with zero attached hydrogens (tertiary/aromatic N) is 1. The molecule has 92 valence electrons. The Balaban J connectivity index is 2.74. The van der Waals surface area contributed by atoms with Crippen LogP contribution in [-0.2, 0) is 4.79 Å². The first kappa shape index (κ1) is 13.4. The first-order valence-electron chi connectivity index (χ1n) is 5.39. The van der Waals surface area contributed by atoms with E-state index in [1.54, 1.807) is 0 Å². The maximum absolute atomic E-state index is 11.9. The van der Waals surface area contributed by atoms with E-state index in [-0.39, 0.29) is 0 Å². The molecule has 0 aliphatic carbocycles. The number of carbonyl (C=O) groups excluding carboxylic acids is 1. The SMILES string of the molecule is CC(C)(O)C(N)C(=O)N1CCC[C@H]1B(O)O. The molecule has 0 radical (unpaired) electrons. The van der Waals surface area contributed by atoms with Crippen LogP contribution in [0.25, 0.3) is 0 Å². The lowest BCUT2D eigenvalue weighted by Crippen LogP contribution is -2.58. The van der Waals surface area contributed by atoms with Crippen molar-refractivity contribution in [2.75, 3.05) is 6.54 Å². The summed E-state index contributed by atoms with van der Waals surface area (Å²) in [4.78, 5) is 13.3. The molecule has 1 saturated heterocycles. The fraction of sp³-hybridized carbons (Fsp3) is 0.889. The third kappa shape index (κ3) is 2.73. The summed E-state index contributed by atoms with van der Waals surface area (Å²) in [5.74, 6) is -1.05. The van der Waals surface area contributed by atoms with Crippen molar-refractivity contribution in [3.8, 4) is 0 Å². The quantitative estimate of drug-likeness (QED) is 0.423. The second-order valence-corrected chi connectivity index (χ2v) is 4.79. The highest BCUT2D eigenvalue weighted by atomic mass is 16.4. The van der Waals surface area contributed by atoms with Gasteiger partial charge in [0.15, 0.2) is 0 Å². The van der Waals surface area contributed by atoms with E-state index >= 15 is 0 Å². The van der Waals surface area contributed by atoms with Crippen molar-refractivity contribution in [1.29, 1.82) is 0 Å². The molecule has 1 rings (SSSR count). The summed E-state index contributed by atoms with van der Waals surface area (Å²) in [6, 6.07) is -1.05. The maximum atomic E-state index is 11.9. The molecule has 0 bridgehead atoms. The van der Waals surface area contributed by atoms with E-state index in [2.05, 4.69) is 0 Å². The number of likely N-dealkylation sites (tertiary alicyclic amines) is 1. The Morgan fingerprint density at radius 2 is 2.12 bits per heavy atom. The monoisotopic (exact) mass is 230 g/mol. The second-order valence-electron chi connectivity index (χ2n) is 4.79. The van der Waals surface area contributed by atoms with E-state index in [1.165, 1.54) is 18.7 Å². The van der Waals surface area contributed by atoms with E-state index in [0.717, 1.165) is 0 Å². The molecule has 6 nitrogen and oxygen atoms in total. The molecule has 1 amide bonds. The number of nitrogens with two attached hydrogens (primary N) is 1. The topological polar surface area (TPSA) is 107 Å². The third-order valence-corrected chi connectivity index (χ3v) is 2.95. The largest absolute Gasteiger partial charge is 0.475 e. The van der Waals surface area contributed by atoms with E-state index in [4.69, 9.17) is 15.8 Å². The van der Waals surface area contributed by atoms with Gasteiger partial charge in [-0.1, -0.05) is 0 Å². The van der Waals surface area contributed by atoms with Crippen LogP contribution in [0.3, 0.4) is 0 Å². The third-order valence-electron chi connectivity index (χ3n) is 2.95. The van der Waals surface area contributed by atoms with E-state index < -0.39 is 30.6 Å². The molecule has 1 aliphatic heterocycles. The van der Waals surface area contributed by atoms with E-state index in [1.807, 2.05) is 0 Å². The van der Waals surface area contributed by atoms with Crippen LogP contribution in [0.15, 0.2) is 0 Å². The molecule has 1 aliphatic rings. The number of carbonyl (C=O) groups is 1. The molecule has 1 heterocycles. The average Bonchev–Trinajstić information content (AvgIpc) is 2.62. The van der Waals surface area contributed by atoms with Crippen molar-refractivity contribution in [1.82, 2.24) is 4.90 Å². The van der Waals surface area contributed by atoms with Crippen molar-refractivity contribution < 1.29 is 19.9 Å². The fourth-order valence-electron chi connectivity index (χ4n) is 1.86. The number of hydrogen-bond acceptors (Lipinski definition) is 5. The molecular weight excluding hydrogens is 211 g/mol. The standard InChI is InChI=1S/C9H19BN2O4/c1-9(2,14)7(11)8(13)12-5-3-4-6(12)10(15)16/h6-7,14-16H,3-5,11H2,1-2H3/t6-,7?/m0/s1. The van der Waals surface area contributed by atoms with Crippen LogP contribution in [0.4, 0.5) is 0 Å². The minimum atomic E-state index is -1.56. The molecule has 0 aromatic carbocycles. The maximum Gasteiger partial charge on any atom is 0.475 e. The van der Waals surface area contributed by atoms with Gasteiger partial charge in [0.2, 0.25) is 5.91 Å². The molecule has 2 atom stereocenters. The lowest BCUT2D eigenvalue weighted by Gasteiger charge is -2.31. The van der Waals surface area contributed by atoms with E-state index in [9.17, 15) is 9.90 Å². The van der Waals surface area contributed by atoms with Gasteiger partial charge >= 0.3 is 7.12 Å². The summed E-state index contributed by atoms with van der Waals surface area (Å²) in [5, 5.41) is 27.9. The Bertz CT molecular complexity index is 267. The molecule has 0 saturated carbocycles. The summed E-state index contributed by atoms with van der Waals surface area (Å²) in [6.45, 7) is 3.36. The van der Waals surface area contributed by atoms with Gasteiger partial charge in [0.1, 0.15) is 6.04 Å². The average molecular weight is 230 g/mol. The van der Waals surface area contributed by atoms with Gasteiger partial charge in [-0.3, -0.25) is 4.79 Å². The Hall–Kier alpha value is -0.625. The second kappa shape index (κ2) is 4.71. The molecule has 0 aromatic rings. The van der Waals surface area contributed by atoms with Crippen LogP contribution in [0, 0.1) is 0 Å². The van der Waals surface area contributed by atoms with Crippen molar-refractivity contribution >= 4 is 13.0 Å². The molecule has 0 spiro atoms. The van der Waals surface area contributed by atoms with Gasteiger partial charge < -0.3 is 25.8 Å². The first-order chi connectivity index (χ1) is 7.25. The minimum Gasteiger partial charge on any atom is -0.426 e. The summed E-state index contributed by atoms with van der Waals surface area (Å²) in [6.07, 6.45) is 1.26. The Labute approximate surface area is 95.2 Å². The normalized spacial score (nSPS) is 23.4. The number of rotatable bonds is 3. The van der Waals surface area contributed by atoms with Crippen LogP contribution in [-0.4, -0.2) is 57.2 Å². The van der Waals surface area contributed by atoms with Crippen LogP contribution < -0.4 is 5.73 Å². The van der Waals surface area contributed by atoms with Gasteiger partial charge in [0.25, 0.3) is 0 Å². The summed E-state index contributed by atoms with van der Waals surface area (Å²) in [5.41, 5.74) is 4.32. The zero-order valence-electron chi connectivity index (χ0n) is 9.63. The predicted octanol–water partition coefficient (Wildman–Crippen LogP) is -1.91. The number of amides is 1. The molecule has 0 aromatic heterocycles. The fourth-order valence-corrected chi connectivity index (χ4v) is 1.86. The highest BCUT2D eigenvalue weighted by Gasteiger charge is 2.41. The van der Waals surface area contributed by atoms with Gasteiger partial charge in [-0.2, -0.15) is 0 Å². The molecule has 7 heteroatoms. The van der Waals surface area contributed by atoms with Crippen LogP contribution >= 0.6 is 0 Å². The minimum absolute atomic E-state index is 0.442. The van der Waals surface area contributed by atoms with Crippen LogP contribution in [0.2, 0.25) is 0 Å². The number of hydrogen-bond donors (Lipinski definition) is 4. The molecule has 16 heavy (non-hydrogen) atoms. The molecule has 1 unspecified atom stereocenters. The van der Waals surface area contributed by atoms with E-state index in [0.29, 0.717) is 19.4 Å². The van der Waals surface area contributed by atoms with Crippen LogP contribution in [0.1, 0.15) is 26.7 Å². The lowest BCUT2D eigenvalue weighted by molar-refractivity contribution is -0.137. The predicted molar refractivity (Wildman–Crippen MR) is 59.2 cm³/mol. The highest BCUT2D eigenvalue weighted by molar-refractivity contribution is 6.43. The highest BCUT2D eigenvalue weighted by Crippen LogP contribution is 2.21. The number of aliphatic hydroxyl groups is 1. The van der Waals surface area contributed by atoms with Crippen LogP contribution in [0.5, 0.6) is 0 Å². The lowest BCUT2D eigenvalue weighted by atomic mass is 9.77. The summed E-state index contributed by atoms with van der Waals surface area (Å²) >= 11 is 0. The van der Waals surface area contributed by atoms with Gasteiger partial charge in [-0.05, 0) is 26.7 Å². The van der Waals surface area contributed by atoms with Crippen molar-refractivity contribution in [3.63, 3.8) is 0 Å². The zero-order valence-corrected chi connectivity index (χ0v) is 9.63. The zero-order chi connectivity index (χ0) is 12.5. The van der Waals surface area contributed by atoms with Crippen molar-refractivity contribution in [2.24, 2.45) is 5.73 Å². The van der Waals surface area contributed by atoms with Gasteiger partial charge in [0.05, 0.1) is 11.5 Å². The molecular formula is C9H19BN2O4. The summed E-state index contributed by atoms with van der Waals surface area (Å²) < 4.78 is 0. The van der Waals surface area contributed by atoms with Gasteiger partial charge in [0, 0.05) is 6.54 Å². The first-order valence-corrected chi connectivity index (χ1v) is 5.39. The van der Waals surface area contributed by atoms with Gasteiger partial charge in [-0.15, -0.1) is 0 Å². The Kier molecular flexibility index (Phi) is 3.95. The summed E-state index contributed by atoms with van der Waals surface area (Å²) in [7, 11) is -1.56. The van der Waals surface area contributed by atoms with Gasteiger partial charge in [-0.25, -0.2) is 0 Å². The van der Waals surface area contributed by atoms with Crippen molar-refractivity contribution in [3.05, 3.63) is 0 Å². The molecule has 1 fully saturated rings.